The van der Waals surface area contributed by atoms with Crippen molar-refractivity contribution in [2.24, 2.45) is 5.41 Å². The average Bonchev–Trinajstić information content (AvgIpc) is 2.44. The SMILES string of the molecule is CC1(C)CC(=O)c2cc(C(=O)NCCCCC(=O)O)c(=O)[nH]c2C1. The number of fused-ring (bicyclic) bond motifs is 1. The third-order valence-electron chi connectivity index (χ3n) is 4.07. The smallest absolute Gasteiger partial charge is 0.303 e. The summed E-state index contributed by atoms with van der Waals surface area (Å²) in [5.41, 5.74) is 0.188. The van der Waals surface area contributed by atoms with Gasteiger partial charge in [0.2, 0.25) is 0 Å². The van der Waals surface area contributed by atoms with Gasteiger partial charge in [-0.3, -0.25) is 19.2 Å². The van der Waals surface area contributed by atoms with Gasteiger partial charge in [0.15, 0.2) is 5.78 Å². The first kappa shape index (κ1) is 17.9. The first-order chi connectivity index (χ1) is 11.2. The summed E-state index contributed by atoms with van der Waals surface area (Å²) in [5.74, 6) is -1.51. The van der Waals surface area contributed by atoms with E-state index in [1.54, 1.807) is 0 Å². The van der Waals surface area contributed by atoms with Gasteiger partial charge in [-0.15, -0.1) is 0 Å². The van der Waals surface area contributed by atoms with Crippen molar-refractivity contribution in [1.29, 1.82) is 0 Å². The zero-order chi connectivity index (χ0) is 17.9. The number of pyridine rings is 1. The number of hydrogen-bond donors (Lipinski definition) is 3. The molecule has 0 aromatic carbocycles. The average molecular weight is 334 g/mol. The molecule has 0 aliphatic heterocycles. The summed E-state index contributed by atoms with van der Waals surface area (Å²) >= 11 is 0. The number of carbonyl (C=O) groups is 3. The van der Waals surface area contributed by atoms with E-state index in [-0.39, 0.29) is 29.7 Å². The van der Waals surface area contributed by atoms with Crippen molar-refractivity contribution in [2.45, 2.75) is 46.0 Å². The molecular formula is C17H22N2O5. The summed E-state index contributed by atoms with van der Waals surface area (Å²) in [4.78, 5) is 49.6. The third kappa shape index (κ3) is 4.31. The van der Waals surface area contributed by atoms with Crippen LogP contribution in [-0.4, -0.2) is 34.3 Å². The predicted molar refractivity (Wildman–Crippen MR) is 87.3 cm³/mol. The van der Waals surface area contributed by atoms with Gasteiger partial charge in [-0.25, -0.2) is 0 Å². The summed E-state index contributed by atoms with van der Waals surface area (Å²) in [7, 11) is 0. The fourth-order valence-corrected chi connectivity index (χ4v) is 2.89. The zero-order valence-corrected chi connectivity index (χ0v) is 13.9. The maximum Gasteiger partial charge on any atom is 0.303 e. The highest BCUT2D eigenvalue weighted by molar-refractivity contribution is 6.02. The number of hydrogen-bond acceptors (Lipinski definition) is 4. The van der Waals surface area contributed by atoms with E-state index in [4.69, 9.17) is 5.11 Å². The van der Waals surface area contributed by atoms with Crippen LogP contribution in [0.2, 0.25) is 0 Å². The predicted octanol–water partition coefficient (Wildman–Crippen LogP) is 1.51. The second kappa shape index (κ2) is 6.98. The van der Waals surface area contributed by atoms with Crippen LogP contribution in [0.15, 0.2) is 10.9 Å². The number of nitrogens with one attached hydrogen (secondary N) is 2. The minimum Gasteiger partial charge on any atom is -0.481 e. The maximum atomic E-state index is 12.2. The molecule has 1 aromatic rings. The molecule has 0 spiro atoms. The molecular weight excluding hydrogens is 312 g/mol. The Morgan fingerprint density at radius 1 is 1.25 bits per heavy atom. The van der Waals surface area contributed by atoms with Crippen LogP contribution in [0, 0.1) is 5.41 Å². The van der Waals surface area contributed by atoms with Crippen LogP contribution in [0.1, 0.15) is 65.9 Å². The molecule has 0 bridgehead atoms. The summed E-state index contributed by atoms with van der Waals surface area (Å²) in [5, 5.41) is 11.1. The van der Waals surface area contributed by atoms with Crippen LogP contribution in [0.25, 0.3) is 0 Å². The monoisotopic (exact) mass is 334 g/mol. The van der Waals surface area contributed by atoms with Crippen LogP contribution in [0.3, 0.4) is 0 Å². The lowest BCUT2D eigenvalue weighted by Gasteiger charge is -2.29. The Morgan fingerprint density at radius 2 is 1.96 bits per heavy atom. The lowest BCUT2D eigenvalue weighted by molar-refractivity contribution is -0.137. The van der Waals surface area contributed by atoms with Crippen molar-refractivity contribution >= 4 is 17.7 Å². The zero-order valence-electron chi connectivity index (χ0n) is 13.9. The third-order valence-corrected chi connectivity index (χ3v) is 4.07. The second-order valence-electron chi connectivity index (χ2n) is 6.95. The van der Waals surface area contributed by atoms with Gasteiger partial charge in [0.05, 0.1) is 0 Å². The van der Waals surface area contributed by atoms with Crippen LogP contribution in [-0.2, 0) is 11.2 Å². The van der Waals surface area contributed by atoms with Crippen LogP contribution < -0.4 is 10.9 Å². The van der Waals surface area contributed by atoms with Crippen LogP contribution >= 0.6 is 0 Å². The molecule has 0 unspecified atom stereocenters. The number of carboxylic acid groups (broad SMARTS) is 1. The number of unbranched alkanes of at least 4 members (excludes halogenated alkanes) is 1. The van der Waals surface area contributed by atoms with Gasteiger partial charge < -0.3 is 15.4 Å². The molecule has 1 aliphatic rings. The number of aliphatic carboxylic acids is 1. The first-order valence-corrected chi connectivity index (χ1v) is 7.99. The van der Waals surface area contributed by atoms with E-state index < -0.39 is 17.4 Å². The molecule has 130 valence electrons. The van der Waals surface area contributed by atoms with Gasteiger partial charge in [0.25, 0.3) is 11.5 Å². The quantitative estimate of drug-likeness (QED) is 0.682. The Hall–Kier alpha value is -2.44. The molecule has 0 radical (unpaired) electrons. The van der Waals surface area contributed by atoms with Crippen LogP contribution in [0.5, 0.6) is 0 Å². The molecule has 0 saturated carbocycles. The van der Waals surface area contributed by atoms with Crippen molar-refractivity contribution in [3.63, 3.8) is 0 Å². The molecule has 0 saturated heterocycles. The standard InChI is InChI=1S/C17H22N2O5/c1-17(2)8-12-10(13(20)9-17)7-11(16(24)19-12)15(23)18-6-4-3-5-14(21)22/h7H,3-6,8-9H2,1-2H3,(H,18,23)(H,19,24)(H,21,22). The fourth-order valence-electron chi connectivity index (χ4n) is 2.89. The number of Topliss-reactive ketones (excluding diaryl/α,β-unsaturated/α-hetero) is 1. The van der Waals surface area contributed by atoms with E-state index in [1.165, 1.54) is 6.07 Å². The number of H-pyrrole nitrogens is 1. The Balaban J connectivity index is 2.08. The number of amides is 1. The molecule has 1 aliphatic carbocycles. The Bertz CT molecular complexity index is 733. The molecule has 24 heavy (non-hydrogen) atoms. The minimum atomic E-state index is -0.881. The Labute approximate surface area is 139 Å². The van der Waals surface area contributed by atoms with Crippen LogP contribution in [0.4, 0.5) is 0 Å². The number of carboxylic acids is 1. The molecule has 1 heterocycles. The van der Waals surface area contributed by atoms with E-state index in [0.29, 0.717) is 36.9 Å². The van der Waals surface area contributed by atoms with E-state index in [9.17, 15) is 19.2 Å². The highest BCUT2D eigenvalue weighted by atomic mass is 16.4. The molecule has 7 heteroatoms. The lowest BCUT2D eigenvalue weighted by atomic mass is 9.75. The van der Waals surface area contributed by atoms with Gasteiger partial charge in [-0.05, 0) is 30.7 Å². The van der Waals surface area contributed by atoms with Crippen molar-refractivity contribution in [1.82, 2.24) is 10.3 Å². The molecule has 2 rings (SSSR count). The van der Waals surface area contributed by atoms with Gasteiger partial charge in [0.1, 0.15) is 5.56 Å². The summed E-state index contributed by atoms with van der Waals surface area (Å²) < 4.78 is 0. The first-order valence-electron chi connectivity index (χ1n) is 7.99. The van der Waals surface area contributed by atoms with E-state index in [1.807, 2.05) is 13.8 Å². The molecule has 1 amide bonds. The normalized spacial score (nSPS) is 15.7. The van der Waals surface area contributed by atoms with E-state index in [2.05, 4.69) is 10.3 Å². The summed E-state index contributed by atoms with van der Waals surface area (Å²) in [6, 6.07) is 1.37. The Morgan fingerprint density at radius 3 is 2.62 bits per heavy atom. The van der Waals surface area contributed by atoms with E-state index in [0.717, 1.165) is 0 Å². The molecule has 3 N–H and O–H groups in total. The Kier molecular flexibility index (Phi) is 5.21. The largest absolute Gasteiger partial charge is 0.481 e. The van der Waals surface area contributed by atoms with Crippen molar-refractivity contribution in [3.05, 3.63) is 33.2 Å². The maximum absolute atomic E-state index is 12.2. The van der Waals surface area contributed by atoms with Gasteiger partial charge in [-0.1, -0.05) is 13.8 Å². The molecule has 7 nitrogen and oxygen atoms in total. The van der Waals surface area contributed by atoms with Gasteiger partial charge >= 0.3 is 5.97 Å². The van der Waals surface area contributed by atoms with E-state index >= 15 is 0 Å². The number of rotatable bonds is 6. The topological polar surface area (TPSA) is 116 Å². The molecule has 0 atom stereocenters. The van der Waals surface area contributed by atoms with Crippen molar-refractivity contribution in [2.75, 3.05) is 6.54 Å². The highest BCUT2D eigenvalue weighted by Gasteiger charge is 2.32. The van der Waals surface area contributed by atoms with Gasteiger partial charge in [-0.2, -0.15) is 0 Å². The fraction of sp³-hybridized carbons (Fsp3) is 0.529. The number of carbonyl (C=O) groups excluding carboxylic acids is 2. The molecule has 1 aromatic heterocycles. The van der Waals surface area contributed by atoms with Gasteiger partial charge in [0, 0.05) is 30.6 Å². The minimum absolute atomic E-state index is 0.0413. The lowest BCUT2D eigenvalue weighted by Crippen LogP contribution is -2.35. The molecule has 0 fully saturated rings. The van der Waals surface area contributed by atoms with Crippen molar-refractivity contribution < 1.29 is 19.5 Å². The second-order valence-corrected chi connectivity index (χ2v) is 6.95. The summed E-state index contributed by atoms with van der Waals surface area (Å²) in [6.07, 6.45) is 1.96. The number of ketones is 1. The number of aromatic amines is 1. The summed E-state index contributed by atoms with van der Waals surface area (Å²) in [6.45, 7) is 4.21. The van der Waals surface area contributed by atoms with Crippen molar-refractivity contribution in [3.8, 4) is 0 Å². The number of aromatic nitrogens is 1. The highest BCUT2D eigenvalue weighted by Crippen LogP contribution is 2.33.